The highest BCUT2D eigenvalue weighted by molar-refractivity contribution is 5.39. The van der Waals surface area contributed by atoms with E-state index in [1.54, 1.807) is 39.5 Å². The standard InChI is InChI=1S/C12H20N4.C9H16N4.C9H20N2.3C8H14N4.C8H17NO.C7H17N3.C7H16N2O/c1-10-7-12(15-9-14-10)13-8-11-3-5-16(2)6-4-11;1-8-5-9(11-6-10-8)13(4)7-12(2)3;1-10(2)8-9-4-6-11(3)7-5-9;1-7-4-8(10-5-9-7)11-6-12(2)3;1-7-4-8(11-5-10-7)12(3)6-9-2;1-6-4-8(10-5-9-3)12-7(2)11-6;1-9-5-3-8(4-6-9)7-10-2;1-8-7-10-5-3-9(2)4-6-10;1-8-3-5-9(6-4-8)7-10-2/h7,9,11H,3-6,8H2,1-2H3,(H,13,14,15);5-6H,7H2,1-4H3;9H,4-8H2,1-3H3;4-5H,6H2,1-3H3,(H,9,10,11);4-5,9H,6H2,1-3H3;4,9H,5H2,1-3H3,(H,10,11,12);2*8H,3-7H2,1-2H3;3-7H2,1-2H3. The topological polar surface area (TPSA) is 258 Å². The van der Waals surface area contributed by atoms with E-state index in [1.165, 1.54) is 124 Å². The van der Waals surface area contributed by atoms with E-state index in [2.05, 4.69) is 180 Å². The fourth-order valence-electron chi connectivity index (χ4n) is 11.6. The van der Waals surface area contributed by atoms with Gasteiger partial charge >= 0.3 is 0 Å². The SMILES string of the molecule is CN(C)CC1CCN(C)CC1.CNCN(C)c1cc(C)ncn1.CNCN1CCN(C)CC1.CNCNc1cc(C)nc(C)n1.COCC1CCN(C)CC1.COCN1CCN(C)CC1.Cc1cc(N(C)CN(C)C)ncn1.Cc1cc(NCC2CCN(C)CC2)ncn1.Cc1cc(NCN(C)C)ncn1. The van der Waals surface area contributed by atoms with Crippen molar-refractivity contribution < 1.29 is 9.47 Å². The lowest BCUT2D eigenvalue weighted by atomic mass is 9.97. The van der Waals surface area contributed by atoms with Gasteiger partial charge in [-0.1, -0.05) is 0 Å². The number of aromatic nitrogens is 10. The maximum absolute atomic E-state index is 5.10. The highest BCUT2D eigenvalue weighted by atomic mass is 16.5. The van der Waals surface area contributed by atoms with Crippen LogP contribution in [0.4, 0.5) is 29.1 Å². The first-order chi connectivity index (χ1) is 50.6. The minimum atomic E-state index is 0.718. The number of ether oxygens (including phenoxy) is 2. The van der Waals surface area contributed by atoms with Gasteiger partial charge in [-0.15, -0.1) is 0 Å². The van der Waals surface area contributed by atoms with Crippen LogP contribution in [0, 0.1) is 59.3 Å². The summed E-state index contributed by atoms with van der Waals surface area (Å²) >= 11 is 0. The maximum atomic E-state index is 5.10. The van der Waals surface area contributed by atoms with Crippen molar-refractivity contribution in [1.82, 2.24) is 115 Å². The molecule has 5 aliphatic heterocycles. The molecule has 5 aromatic heterocycles. The van der Waals surface area contributed by atoms with Crippen molar-refractivity contribution in [2.45, 2.75) is 80.1 Å². The Balaban J connectivity index is 0.000000407. The molecule has 5 aromatic rings. The number of rotatable bonds is 23. The fraction of sp³-hybridized carbons (Fsp3) is 0.737. The molecule has 0 amide bonds. The number of piperazine rings is 2. The molecule has 0 spiro atoms. The van der Waals surface area contributed by atoms with Crippen LogP contribution in [0.5, 0.6) is 0 Å². The van der Waals surface area contributed by atoms with Gasteiger partial charge in [0.15, 0.2) is 0 Å². The van der Waals surface area contributed by atoms with Crippen LogP contribution >= 0.6 is 0 Å². The van der Waals surface area contributed by atoms with Crippen LogP contribution < -0.4 is 41.7 Å². The van der Waals surface area contributed by atoms with Gasteiger partial charge < -0.3 is 80.6 Å². The van der Waals surface area contributed by atoms with Gasteiger partial charge in [-0.3, -0.25) is 19.6 Å². The zero-order valence-corrected chi connectivity index (χ0v) is 70.6. The molecule has 0 radical (unpaired) electrons. The molecule has 5 fully saturated rings. The van der Waals surface area contributed by atoms with Gasteiger partial charge in [-0.2, -0.15) is 0 Å². The van der Waals surface area contributed by atoms with Crippen LogP contribution in [-0.4, -0.2) is 377 Å². The van der Waals surface area contributed by atoms with E-state index < -0.39 is 0 Å². The number of nitrogens with zero attached hydrogens (tertiary/aromatic N) is 22. The summed E-state index contributed by atoms with van der Waals surface area (Å²) < 4.78 is 10.1. The van der Waals surface area contributed by atoms with Gasteiger partial charge in [0.1, 0.15) is 60.2 Å². The minimum Gasteiger partial charge on any atom is -0.384 e. The van der Waals surface area contributed by atoms with Crippen molar-refractivity contribution in [2.75, 3.05) is 304 Å². The molecule has 0 unspecified atom stereocenters. The second kappa shape index (κ2) is 57.9. The molecule has 0 atom stereocenters. The van der Waals surface area contributed by atoms with E-state index in [9.17, 15) is 0 Å². The van der Waals surface area contributed by atoms with E-state index in [4.69, 9.17) is 9.47 Å². The zero-order valence-electron chi connectivity index (χ0n) is 70.6. The minimum absolute atomic E-state index is 0.718. The quantitative estimate of drug-likeness (QED) is 0.0460. The first-order valence-electron chi connectivity index (χ1n) is 38.0. The highest BCUT2D eigenvalue weighted by Gasteiger charge is 2.19. The number of anilines is 5. The number of nitrogens with one attached hydrogen (secondary N) is 6. The first kappa shape index (κ1) is 95.9. The highest BCUT2D eigenvalue weighted by Crippen LogP contribution is 2.19. The smallest absolute Gasteiger partial charge is 0.132 e. The normalized spacial score (nSPS) is 16.5. The summed E-state index contributed by atoms with van der Waals surface area (Å²) in [6.45, 7) is 36.9. The Kier molecular flexibility index (Phi) is 52.3. The Morgan fingerprint density at radius 2 is 0.830 bits per heavy atom. The molecular formula is C76H148N28O2. The molecular weight excluding hydrogens is 1340 g/mol. The summed E-state index contributed by atoms with van der Waals surface area (Å²) in [5.74, 6) is 7.94. The van der Waals surface area contributed by atoms with Crippen LogP contribution in [0.1, 0.15) is 72.8 Å². The van der Waals surface area contributed by atoms with Crippen LogP contribution in [-0.2, 0) is 9.47 Å². The molecule has 0 bridgehead atoms. The summed E-state index contributed by atoms with van der Waals surface area (Å²) in [5.41, 5.74) is 4.96. The van der Waals surface area contributed by atoms with Gasteiger partial charge in [-0.05, 0) is 236 Å². The number of methoxy groups -OCH3 is 2. The molecule has 0 aliphatic carbocycles. The lowest BCUT2D eigenvalue weighted by Gasteiger charge is -2.31. The molecule has 604 valence electrons. The third-order valence-electron chi connectivity index (χ3n) is 17.8. The summed E-state index contributed by atoms with van der Waals surface area (Å²) in [4.78, 5) is 68.3. The molecule has 30 nitrogen and oxygen atoms in total. The van der Waals surface area contributed by atoms with E-state index in [1.807, 2.05) is 145 Å². The fourth-order valence-corrected chi connectivity index (χ4v) is 11.6. The predicted octanol–water partition coefficient (Wildman–Crippen LogP) is 5.19. The second-order valence-electron chi connectivity index (χ2n) is 29.4. The lowest BCUT2D eigenvalue weighted by molar-refractivity contribution is 0.0328. The maximum Gasteiger partial charge on any atom is 0.132 e. The summed E-state index contributed by atoms with van der Waals surface area (Å²) in [5, 5.41) is 18.9. The molecule has 0 aromatic carbocycles. The van der Waals surface area contributed by atoms with Crippen molar-refractivity contribution in [3.63, 3.8) is 0 Å². The number of hydrogen-bond donors (Lipinski definition) is 6. The summed E-state index contributed by atoms with van der Waals surface area (Å²) in [6.07, 6.45) is 14.3. The molecule has 106 heavy (non-hydrogen) atoms. The summed E-state index contributed by atoms with van der Waals surface area (Å²) in [6, 6.07) is 9.77. The molecule has 6 N–H and O–H groups in total. The molecule has 30 heteroatoms. The first-order valence-corrected chi connectivity index (χ1v) is 38.0. The second-order valence-corrected chi connectivity index (χ2v) is 29.4. The van der Waals surface area contributed by atoms with Crippen LogP contribution in [0.25, 0.3) is 0 Å². The van der Waals surface area contributed by atoms with Crippen LogP contribution in [0.3, 0.4) is 0 Å². The van der Waals surface area contributed by atoms with E-state index in [0.29, 0.717) is 0 Å². The van der Waals surface area contributed by atoms with Crippen molar-refractivity contribution in [3.05, 3.63) is 89.9 Å². The largest absolute Gasteiger partial charge is 0.384 e. The third kappa shape index (κ3) is 48.3. The average molecular weight is 1490 g/mol. The number of likely N-dealkylation sites (N-methyl/N-ethyl adjacent to an activating group) is 2. The Labute approximate surface area is 642 Å². The number of hydrogen-bond acceptors (Lipinski definition) is 30. The number of likely N-dealkylation sites (tertiary alicyclic amines) is 3. The zero-order chi connectivity index (χ0) is 78.6. The Bertz CT molecular complexity index is 2840. The van der Waals surface area contributed by atoms with Crippen molar-refractivity contribution in [1.29, 1.82) is 0 Å². The summed E-state index contributed by atoms with van der Waals surface area (Å²) in [7, 11) is 36.6. The van der Waals surface area contributed by atoms with E-state index in [-0.39, 0.29) is 0 Å². The Morgan fingerprint density at radius 3 is 1.25 bits per heavy atom. The average Bonchev–Trinajstić information content (AvgIpc) is 0.916. The predicted molar refractivity (Wildman–Crippen MR) is 441 cm³/mol. The van der Waals surface area contributed by atoms with Crippen LogP contribution in [0.15, 0.2) is 55.6 Å². The van der Waals surface area contributed by atoms with Crippen LogP contribution in [0.2, 0.25) is 0 Å². The van der Waals surface area contributed by atoms with Gasteiger partial charge in [0, 0.05) is 166 Å². The molecule has 5 aliphatic rings. The molecule has 0 saturated carbocycles. The molecule has 5 saturated heterocycles. The number of piperidine rings is 3. The van der Waals surface area contributed by atoms with E-state index >= 15 is 0 Å². The van der Waals surface area contributed by atoms with Gasteiger partial charge in [-0.25, -0.2) is 49.8 Å². The van der Waals surface area contributed by atoms with Gasteiger partial charge in [0.2, 0.25) is 0 Å². The van der Waals surface area contributed by atoms with Gasteiger partial charge in [0.25, 0.3) is 0 Å². The lowest BCUT2D eigenvalue weighted by Crippen LogP contribution is -2.47. The number of aryl methyl sites for hydroxylation is 6. The monoisotopic (exact) mass is 1490 g/mol. The van der Waals surface area contributed by atoms with Crippen molar-refractivity contribution in [3.8, 4) is 0 Å². The molecule has 10 heterocycles. The van der Waals surface area contributed by atoms with Crippen molar-refractivity contribution >= 4 is 29.1 Å². The van der Waals surface area contributed by atoms with Crippen molar-refractivity contribution in [2.24, 2.45) is 17.8 Å². The Hall–Kier alpha value is -6.20. The molecule has 10 rings (SSSR count). The Morgan fingerprint density at radius 1 is 0.396 bits per heavy atom. The third-order valence-corrected chi connectivity index (χ3v) is 17.8. The van der Waals surface area contributed by atoms with E-state index in [0.717, 1.165) is 147 Å². The van der Waals surface area contributed by atoms with Gasteiger partial charge in [0.05, 0.1) is 33.4 Å².